The van der Waals surface area contributed by atoms with Crippen molar-refractivity contribution in [3.05, 3.63) is 12.7 Å². The molecule has 12 heavy (non-hydrogen) atoms. The van der Waals surface area contributed by atoms with Crippen LogP contribution in [0, 0.1) is 0 Å². The van der Waals surface area contributed by atoms with Crippen molar-refractivity contribution in [1.82, 2.24) is 0 Å². The first-order chi connectivity index (χ1) is 5.54. The molecule has 0 spiro atoms. The summed E-state index contributed by atoms with van der Waals surface area (Å²) in [5.74, 6) is -3.37. The molecule has 0 unspecified atom stereocenters. The number of hydrogen-bond donors (Lipinski definition) is 2. The molecule has 0 rings (SSSR count). The number of carbonyl (C=O) groups is 1. The van der Waals surface area contributed by atoms with Gasteiger partial charge in [-0.25, -0.2) is 4.79 Å². The lowest BCUT2D eigenvalue weighted by atomic mass is 10.1. The minimum absolute atomic E-state index is 0.0360. The van der Waals surface area contributed by atoms with Crippen LogP contribution in [-0.4, -0.2) is 29.1 Å². The van der Waals surface area contributed by atoms with Gasteiger partial charge in [-0.2, -0.15) is 0 Å². The highest BCUT2D eigenvalue weighted by molar-refractivity contribution is 5.76. The van der Waals surface area contributed by atoms with E-state index in [1.807, 2.05) is 0 Å². The van der Waals surface area contributed by atoms with Crippen LogP contribution in [0.1, 0.15) is 19.3 Å². The van der Waals surface area contributed by atoms with Crippen molar-refractivity contribution in [2.24, 2.45) is 0 Å². The SMILES string of the molecule is C=CCCCC(O)(O)C(=O)OC. The Hall–Kier alpha value is -0.870. The molecule has 0 aromatic carbocycles. The Balaban J connectivity index is 3.86. The number of hydrogen-bond acceptors (Lipinski definition) is 4. The van der Waals surface area contributed by atoms with E-state index in [0.29, 0.717) is 12.8 Å². The van der Waals surface area contributed by atoms with Crippen molar-refractivity contribution in [2.45, 2.75) is 25.0 Å². The molecule has 0 amide bonds. The van der Waals surface area contributed by atoms with E-state index in [0.717, 1.165) is 7.11 Å². The van der Waals surface area contributed by atoms with E-state index < -0.39 is 11.8 Å². The molecular weight excluding hydrogens is 160 g/mol. The van der Waals surface area contributed by atoms with Crippen LogP contribution in [0.25, 0.3) is 0 Å². The predicted octanol–water partition coefficient (Wildman–Crippen LogP) is 0.197. The number of esters is 1. The van der Waals surface area contributed by atoms with Gasteiger partial charge in [0.1, 0.15) is 0 Å². The van der Waals surface area contributed by atoms with Crippen LogP contribution in [0.4, 0.5) is 0 Å². The minimum atomic E-state index is -2.35. The van der Waals surface area contributed by atoms with Gasteiger partial charge in [0, 0.05) is 6.42 Å². The van der Waals surface area contributed by atoms with Gasteiger partial charge in [-0.15, -0.1) is 6.58 Å². The van der Waals surface area contributed by atoms with Gasteiger partial charge in [0.2, 0.25) is 0 Å². The summed E-state index contributed by atoms with van der Waals surface area (Å²) < 4.78 is 4.18. The summed E-state index contributed by atoms with van der Waals surface area (Å²) in [5, 5.41) is 18.1. The molecule has 0 aromatic heterocycles. The summed E-state index contributed by atoms with van der Waals surface area (Å²) in [7, 11) is 1.11. The topological polar surface area (TPSA) is 66.8 Å². The monoisotopic (exact) mass is 174 g/mol. The smallest absolute Gasteiger partial charge is 0.366 e. The summed E-state index contributed by atoms with van der Waals surface area (Å²) >= 11 is 0. The first kappa shape index (κ1) is 11.1. The number of ether oxygens (including phenoxy) is 1. The fraction of sp³-hybridized carbons (Fsp3) is 0.625. The Labute approximate surface area is 71.5 Å². The van der Waals surface area contributed by atoms with Gasteiger partial charge in [-0.05, 0) is 12.8 Å². The zero-order valence-electron chi connectivity index (χ0n) is 7.12. The first-order valence-corrected chi connectivity index (χ1v) is 3.68. The van der Waals surface area contributed by atoms with E-state index in [4.69, 9.17) is 10.2 Å². The lowest BCUT2D eigenvalue weighted by Crippen LogP contribution is -2.39. The molecule has 4 nitrogen and oxygen atoms in total. The maximum Gasteiger partial charge on any atom is 0.366 e. The Bertz CT molecular complexity index is 162. The molecule has 0 bridgehead atoms. The molecule has 0 aromatic rings. The van der Waals surface area contributed by atoms with Crippen LogP contribution in [-0.2, 0) is 9.53 Å². The zero-order valence-corrected chi connectivity index (χ0v) is 7.12. The third-order valence-corrected chi connectivity index (χ3v) is 1.45. The molecule has 2 N–H and O–H groups in total. The molecule has 0 aliphatic heterocycles. The van der Waals surface area contributed by atoms with Crippen molar-refractivity contribution >= 4 is 5.97 Å². The van der Waals surface area contributed by atoms with Crippen molar-refractivity contribution in [3.8, 4) is 0 Å². The van der Waals surface area contributed by atoms with Crippen LogP contribution in [0.2, 0.25) is 0 Å². The maximum atomic E-state index is 10.7. The highest BCUT2D eigenvalue weighted by Crippen LogP contribution is 2.12. The first-order valence-electron chi connectivity index (χ1n) is 3.68. The van der Waals surface area contributed by atoms with Crippen LogP contribution in [0.3, 0.4) is 0 Å². The normalized spacial score (nSPS) is 10.9. The second kappa shape index (κ2) is 4.90. The van der Waals surface area contributed by atoms with Crippen LogP contribution in [0.5, 0.6) is 0 Å². The number of methoxy groups -OCH3 is 1. The largest absolute Gasteiger partial charge is 0.465 e. The average Bonchev–Trinajstić information content (AvgIpc) is 2.03. The molecule has 0 aliphatic carbocycles. The van der Waals surface area contributed by atoms with Crippen LogP contribution >= 0.6 is 0 Å². The van der Waals surface area contributed by atoms with Crippen LogP contribution < -0.4 is 0 Å². The number of unbranched alkanes of at least 4 members (excludes halogenated alkanes) is 1. The molecule has 0 heterocycles. The van der Waals surface area contributed by atoms with E-state index in [-0.39, 0.29) is 6.42 Å². The minimum Gasteiger partial charge on any atom is -0.465 e. The van der Waals surface area contributed by atoms with Crippen molar-refractivity contribution in [3.63, 3.8) is 0 Å². The molecular formula is C8H14O4. The number of aliphatic hydroxyl groups is 2. The van der Waals surface area contributed by atoms with E-state index in [1.165, 1.54) is 0 Å². The lowest BCUT2D eigenvalue weighted by molar-refractivity contribution is -0.208. The number of carbonyl (C=O) groups excluding carboxylic acids is 1. The van der Waals surface area contributed by atoms with Gasteiger partial charge >= 0.3 is 5.97 Å². The van der Waals surface area contributed by atoms with E-state index in [2.05, 4.69) is 11.3 Å². The molecule has 0 radical (unpaired) electrons. The Kier molecular flexibility index (Phi) is 4.54. The molecule has 70 valence electrons. The fourth-order valence-corrected chi connectivity index (χ4v) is 0.758. The van der Waals surface area contributed by atoms with E-state index in [9.17, 15) is 4.79 Å². The van der Waals surface area contributed by atoms with Gasteiger partial charge in [-0.3, -0.25) is 0 Å². The van der Waals surface area contributed by atoms with Gasteiger partial charge in [0.05, 0.1) is 7.11 Å². The van der Waals surface area contributed by atoms with Gasteiger partial charge in [0.25, 0.3) is 5.79 Å². The predicted molar refractivity (Wildman–Crippen MR) is 43.2 cm³/mol. The Morgan fingerprint density at radius 2 is 2.25 bits per heavy atom. The third-order valence-electron chi connectivity index (χ3n) is 1.45. The average molecular weight is 174 g/mol. The summed E-state index contributed by atoms with van der Waals surface area (Å²) in [6.45, 7) is 3.47. The van der Waals surface area contributed by atoms with Crippen molar-refractivity contribution in [2.75, 3.05) is 7.11 Å². The lowest BCUT2D eigenvalue weighted by Gasteiger charge is -2.17. The summed E-state index contributed by atoms with van der Waals surface area (Å²) in [6.07, 6.45) is 2.74. The van der Waals surface area contributed by atoms with Crippen molar-refractivity contribution < 1.29 is 19.7 Å². The molecule has 0 saturated carbocycles. The molecule has 0 aliphatic rings. The third kappa shape index (κ3) is 3.50. The van der Waals surface area contributed by atoms with Crippen LogP contribution in [0.15, 0.2) is 12.7 Å². The highest BCUT2D eigenvalue weighted by atomic mass is 16.6. The Morgan fingerprint density at radius 1 is 1.67 bits per heavy atom. The number of rotatable bonds is 5. The van der Waals surface area contributed by atoms with Gasteiger partial charge in [0.15, 0.2) is 0 Å². The zero-order chi connectivity index (χ0) is 9.61. The molecule has 0 saturated heterocycles. The Morgan fingerprint density at radius 3 is 2.67 bits per heavy atom. The summed E-state index contributed by atoms with van der Waals surface area (Å²) in [6, 6.07) is 0. The maximum absolute atomic E-state index is 10.7. The second-order valence-corrected chi connectivity index (χ2v) is 2.49. The number of allylic oxidation sites excluding steroid dienone is 1. The van der Waals surface area contributed by atoms with Gasteiger partial charge in [-0.1, -0.05) is 6.08 Å². The van der Waals surface area contributed by atoms with E-state index >= 15 is 0 Å². The standard InChI is InChI=1S/C8H14O4/c1-3-4-5-6-8(10,11)7(9)12-2/h3,10-11H,1,4-6H2,2H3. The molecule has 0 atom stereocenters. The summed E-state index contributed by atoms with van der Waals surface area (Å²) in [5.41, 5.74) is 0. The van der Waals surface area contributed by atoms with Gasteiger partial charge < -0.3 is 14.9 Å². The fourth-order valence-electron chi connectivity index (χ4n) is 0.758. The van der Waals surface area contributed by atoms with Crippen molar-refractivity contribution in [1.29, 1.82) is 0 Å². The quantitative estimate of drug-likeness (QED) is 0.270. The highest BCUT2D eigenvalue weighted by Gasteiger charge is 2.33. The summed E-state index contributed by atoms with van der Waals surface area (Å²) in [4.78, 5) is 10.7. The molecule has 0 fully saturated rings. The van der Waals surface area contributed by atoms with E-state index in [1.54, 1.807) is 6.08 Å². The second-order valence-electron chi connectivity index (χ2n) is 2.49. The molecule has 4 heteroatoms.